The van der Waals surface area contributed by atoms with Gasteiger partial charge in [0.25, 0.3) is 6.71 Å². The van der Waals surface area contributed by atoms with E-state index >= 15 is 0 Å². The minimum Gasteiger partial charge on any atom is -0.311 e. The average Bonchev–Trinajstić information content (AvgIpc) is 1.54. The van der Waals surface area contributed by atoms with Gasteiger partial charge in [-0.15, -0.1) is 0 Å². The van der Waals surface area contributed by atoms with Crippen LogP contribution in [0.4, 0.5) is 34.1 Å². The molecule has 3 heterocycles. The third kappa shape index (κ3) is 6.96. The number of hydrogen-bond donors (Lipinski definition) is 0. The first kappa shape index (κ1) is 58.5. The number of anilines is 6. The molecular formula is C105H62BN3. The molecule has 0 radical (unpaired) electrons. The minimum atomic E-state index is -0.626. The molecule has 0 bridgehead atoms. The highest BCUT2D eigenvalue weighted by Crippen LogP contribution is 2.68. The smallest absolute Gasteiger partial charge is 0.252 e. The Bertz CT molecular complexity index is 6960. The zero-order valence-corrected chi connectivity index (χ0v) is 59.2. The molecule has 0 unspecified atom stereocenters. The maximum atomic E-state index is 2.75. The lowest BCUT2D eigenvalue weighted by Crippen LogP contribution is -2.62. The molecule has 3 nitrogen and oxygen atoms in total. The Morgan fingerprint density at radius 3 is 1.04 bits per heavy atom. The first-order chi connectivity index (χ1) is 54.1. The summed E-state index contributed by atoms with van der Waals surface area (Å²) in [6.45, 7) is -0.314. The van der Waals surface area contributed by atoms with Crippen LogP contribution in [0, 0.1) is 0 Å². The molecule has 1 aromatic heterocycles. The Labute approximate surface area is 631 Å². The second-order valence-corrected chi connectivity index (χ2v) is 31.1. The standard InChI is InChI=1S/C105H62BN3/c1-2-26-63(27-3-1)64-50-52-65(53-51-64)107-96-57-56-91-100(78-38-12-23-47-89(78)104(91)83-41-17-6-30-70(83)71-31-7-18-42-84(71)104)102(96)106-93-62-92-80(75-35-11-22-46-88(75)105(92)85-43-19-8-32-72(85)73-33-9-20-44-86(73)105)61-97(93)108(99-60-67(59-98(107)101(99)106)109-94-48-24-13-36-76(94)77-37-14-25-49-95(77)109)66-54-55-90-79(58-66)74-34-10-21-45-87(74)103(90)81-39-15-4-28-68(81)69-29-5-16-40-82(69)103/h1-62H. The zero-order chi connectivity index (χ0) is 70.7. The van der Waals surface area contributed by atoms with Crippen LogP contribution in [-0.4, -0.2) is 11.3 Å². The van der Waals surface area contributed by atoms with Crippen LogP contribution in [0.3, 0.4) is 0 Å². The van der Waals surface area contributed by atoms with Gasteiger partial charge in [-0.05, 0) is 222 Å². The van der Waals surface area contributed by atoms with Gasteiger partial charge in [-0.3, -0.25) is 0 Å². The van der Waals surface area contributed by atoms with Crippen LogP contribution in [0.15, 0.2) is 376 Å². The van der Waals surface area contributed by atoms with Crippen molar-refractivity contribution in [2.24, 2.45) is 0 Å². The van der Waals surface area contributed by atoms with Crippen molar-refractivity contribution in [1.29, 1.82) is 0 Å². The highest BCUT2D eigenvalue weighted by atomic mass is 15.2. The van der Waals surface area contributed by atoms with E-state index < -0.39 is 16.2 Å². The fourth-order valence-electron chi connectivity index (χ4n) is 22.8. The Hall–Kier alpha value is -13.8. The lowest BCUT2D eigenvalue weighted by molar-refractivity contribution is 0.793. The van der Waals surface area contributed by atoms with E-state index in [4.69, 9.17) is 0 Å². The van der Waals surface area contributed by atoms with Gasteiger partial charge in [0, 0.05) is 44.9 Å². The SMILES string of the molecule is c1ccc(-c2ccc(N3c4cc(-n5c6ccccc6c6ccccc65)cc5c4B(c4cc6c(cc4N5c4ccc5c(c4)-c4ccccc4C54c5ccccc5-c5ccccc54)-c4ccccc4C64c5ccccc5-c5ccccc54)c4c3ccc3c4-c4ccccc4C34c3ccccc3-c3ccccc34)cc2)cc1. The van der Waals surface area contributed by atoms with Crippen LogP contribution >= 0.6 is 0 Å². The molecule has 0 amide bonds. The fourth-order valence-corrected chi connectivity index (χ4v) is 22.8. The van der Waals surface area contributed by atoms with Crippen LogP contribution in [0.25, 0.3) is 105 Å². The minimum absolute atomic E-state index is 0.314. The number of para-hydroxylation sites is 2. The summed E-state index contributed by atoms with van der Waals surface area (Å²) in [5, 5.41) is 2.45. The molecule has 0 fully saturated rings. The molecule has 6 aliphatic carbocycles. The average molecular weight is 1380 g/mol. The summed E-state index contributed by atoms with van der Waals surface area (Å²) < 4.78 is 2.56. The van der Waals surface area contributed by atoms with Crippen molar-refractivity contribution in [3.8, 4) is 83.6 Å². The van der Waals surface area contributed by atoms with Gasteiger partial charge in [-0.1, -0.05) is 315 Å². The third-order valence-corrected chi connectivity index (χ3v) is 26.6. The second kappa shape index (κ2) is 20.8. The molecule has 109 heavy (non-hydrogen) atoms. The van der Waals surface area contributed by atoms with Gasteiger partial charge in [0.1, 0.15) is 0 Å². The van der Waals surface area contributed by atoms with E-state index in [0.29, 0.717) is 0 Å². The van der Waals surface area contributed by atoms with Gasteiger partial charge in [0.2, 0.25) is 0 Å². The summed E-state index contributed by atoms with van der Waals surface area (Å²) in [5.41, 5.74) is 46.1. The van der Waals surface area contributed by atoms with Gasteiger partial charge in [0.05, 0.1) is 33.0 Å². The van der Waals surface area contributed by atoms with E-state index in [1.807, 2.05) is 0 Å². The summed E-state index contributed by atoms with van der Waals surface area (Å²) in [4.78, 5) is 5.41. The monoisotopic (exact) mass is 1380 g/mol. The van der Waals surface area contributed by atoms with Crippen molar-refractivity contribution >= 4 is 79.0 Å². The topological polar surface area (TPSA) is 11.4 Å². The van der Waals surface area contributed by atoms with E-state index in [1.54, 1.807) is 0 Å². The molecule has 17 aromatic carbocycles. The summed E-state index contributed by atoms with van der Waals surface area (Å²) in [7, 11) is 0. The summed E-state index contributed by atoms with van der Waals surface area (Å²) >= 11 is 0. The molecule has 0 saturated carbocycles. The van der Waals surface area contributed by atoms with Crippen molar-refractivity contribution in [1.82, 2.24) is 4.57 Å². The highest BCUT2D eigenvalue weighted by molar-refractivity contribution is 7.01. The number of aromatic nitrogens is 1. The predicted molar refractivity (Wildman–Crippen MR) is 449 cm³/mol. The van der Waals surface area contributed by atoms with Crippen LogP contribution in [0.1, 0.15) is 66.8 Å². The Balaban J connectivity index is 0.840. The zero-order valence-electron chi connectivity index (χ0n) is 59.2. The van der Waals surface area contributed by atoms with Crippen molar-refractivity contribution in [2.45, 2.75) is 16.2 Å². The lowest BCUT2D eigenvalue weighted by atomic mass is 9.32. The fraction of sp³-hybridized carbons (Fsp3) is 0.0286. The van der Waals surface area contributed by atoms with E-state index in [0.717, 1.165) is 39.5 Å². The molecule has 26 rings (SSSR count). The molecule has 2 aliphatic heterocycles. The van der Waals surface area contributed by atoms with E-state index in [9.17, 15) is 0 Å². The molecule has 500 valence electrons. The first-order valence-electron chi connectivity index (χ1n) is 38.4. The number of benzene rings is 17. The molecule has 18 aromatic rings. The van der Waals surface area contributed by atoms with Crippen molar-refractivity contribution in [3.05, 3.63) is 443 Å². The molecule has 8 aliphatic rings. The maximum Gasteiger partial charge on any atom is 0.252 e. The van der Waals surface area contributed by atoms with Crippen molar-refractivity contribution in [3.63, 3.8) is 0 Å². The Morgan fingerprint density at radius 1 is 0.202 bits per heavy atom. The summed E-state index contributed by atoms with van der Waals surface area (Å²) in [6, 6.07) is 146. The molecule has 4 heteroatoms. The second-order valence-electron chi connectivity index (χ2n) is 31.1. The number of rotatable bonds is 4. The van der Waals surface area contributed by atoms with Crippen LogP contribution in [-0.2, 0) is 16.2 Å². The van der Waals surface area contributed by atoms with Crippen molar-refractivity contribution < 1.29 is 0 Å². The molecule has 0 N–H and O–H groups in total. The summed E-state index contributed by atoms with van der Waals surface area (Å²) in [5.74, 6) is 0. The maximum absolute atomic E-state index is 2.75. The van der Waals surface area contributed by atoms with Gasteiger partial charge >= 0.3 is 0 Å². The molecule has 3 spiro atoms. The van der Waals surface area contributed by atoms with Gasteiger partial charge in [-0.25, -0.2) is 0 Å². The lowest BCUT2D eigenvalue weighted by Gasteiger charge is -2.46. The predicted octanol–water partition coefficient (Wildman–Crippen LogP) is 23.6. The van der Waals surface area contributed by atoms with E-state index in [2.05, 4.69) is 390 Å². The van der Waals surface area contributed by atoms with E-state index in [1.165, 1.54) is 183 Å². The molecule has 0 saturated heterocycles. The summed E-state index contributed by atoms with van der Waals surface area (Å²) in [6.07, 6.45) is 0. The Morgan fingerprint density at radius 2 is 0.550 bits per heavy atom. The van der Waals surface area contributed by atoms with Crippen LogP contribution in [0.2, 0.25) is 0 Å². The quantitative estimate of drug-likeness (QED) is 0.163. The molecule has 0 atom stereocenters. The normalized spacial score (nSPS) is 15.0. The first-order valence-corrected chi connectivity index (χ1v) is 38.4. The van der Waals surface area contributed by atoms with Gasteiger partial charge in [0.15, 0.2) is 0 Å². The van der Waals surface area contributed by atoms with Crippen LogP contribution < -0.4 is 26.2 Å². The number of fused-ring (bicyclic) bond motifs is 38. The van der Waals surface area contributed by atoms with Gasteiger partial charge < -0.3 is 14.4 Å². The molecular weight excluding hydrogens is 1310 g/mol. The number of hydrogen-bond acceptors (Lipinski definition) is 2. The van der Waals surface area contributed by atoms with Crippen molar-refractivity contribution in [2.75, 3.05) is 9.80 Å². The number of nitrogens with zero attached hydrogens (tertiary/aromatic N) is 3. The van der Waals surface area contributed by atoms with Crippen LogP contribution in [0.5, 0.6) is 0 Å². The third-order valence-electron chi connectivity index (χ3n) is 26.6. The van der Waals surface area contributed by atoms with E-state index in [-0.39, 0.29) is 6.71 Å². The Kier molecular flexibility index (Phi) is 11.2. The highest BCUT2D eigenvalue weighted by Gasteiger charge is 2.58. The van der Waals surface area contributed by atoms with Gasteiger partial charge in [-0.2, -0.15) is 0 Å². The largest absolute Gasteiger partial charge is 0.311 e.